The number of nitrogens with two attached hydrogens (primary N) is 1. The number of oxazole rings is 1. The Morgan fingerprint density at radius 1 is 0.976 bits per heavy atom. The number of hydrogen-bond donors (Lipinski definition) is 3. The van der Waals surface area contributed by atoms with E-state index in [0.717, 1.165) is 56.9 Å². The summed E-state index contributed by atoms with van der Waals surface area (Å²) in [4.78, 5) is 46.8. The Balaban J connectivity index is 1.38. The Morgan fingerprint density at radius 3 is 2.36 bits per heavy atom. The third-order valence-electron chi connectivity index (χ3n) is 8.58. The molecule has 42 heavy (non-hydrogen) atoms. The molecule has 3 aromatic rings. The van der Waals surface area contributed by atoms with Gasteiger partial charge in [-0.2, -0.15) is 4.98 Å². The first-order valence-electron chi connectivity index (χ1n) is 15.1. The zero-order valence-corrected chi connectivity index (χ0v) is 24.1. The molecule has 4 N–H and O–H groups in total. The summed E-state index contributed by atoms with van der Waals surface area (Å²) in [7, 11) is 0. The normalized spacial score (nSPS) is 17.1. The molecule has 0 aliphatic heterocycles. The van der Waals surface area contributed by atoms with Crippen molar-refractivity contribution in [1.29, 1.82) is 0 Å². The molecule has 1 heterocycles. The zero-order valence-electron chi connectivity index (χ0n) is 24.1. The fourth-order valence-electron chi connectivity index (χ4n) is 6.06. The molecular formula is C33H41N5O4. The van der Waals surface area contributed by atoms with E-state index in [1.165, 1.54) is 0 Å². The molecular weight excluding hydrogens is 530 g/mol. The van der Waals surface area contributed by atoms with Gasteiger partial charge in [-0.15, -0.1) is 0 Å². The van der Waals surface area contributed by atoms with Crippen LogP contribution in [-0.4, -0.2) is 46.1 Å². The number of carbonyl (C=O) groups is 3. The fourth-order valence-corrected chi connectivity index (χ4v) is 6.06. The van der Waals surface area contributed by atoms with Crippen molar-refractivity contribution < 1.29 is 18.8 Å². The number of benzene rings is 2. The number of hydrogen-bond acceptors (Lipinski definition) is 7. The van der Waals surface area contributed by atoms with Gasteiger partial charge in [0.05, 0.1) is 18.3 Å². The maximum atomic E-state index is 14.4. The lowest BCUT2D eigenvalue weighted by Crippen LogP contribution is -2.52. The second-order valence-corrected chi connectivity index (χ2v) is 11.7. The number of aromatic nitrogens is 1. The molecule has 1 unspecified atom stereocenters. The van der Waals surface area contributed by atoms with Gasteiger partial charge in [0.1, 0.15) is 11.6 Å². The van der Waals surface area contributed by atoms with Crippen LogP contribution in [0.1, 0.15) is 63.4 Å². The van der Waals surface area contributed by atoms with Crippen molar-refractivity contribution in [3.05, 3.63) is 72.4 Å². The molecule has 5 rings (SSSR count). The SMILES string of the molecule is C=C(N)C(=O)C(CC1CCC1)NC(=O)CN(Cc1ccccc1)C(=O)[C@@H](Nc1nc2ccccc2o1)C1CCCCC1. The zero-order chi connectivity index (χ0) is 29.5. The number of carbonyl (C=O) groups excluding carboxylic acids is 3. The van der Waals surface area contributed by atoms with E-state index >= 15 is 0 Å². The molecule has 9 heteroatoms. The van der Waals surface area contributed by atoms with Gasteiger partial charge >= 0.3 is 0 Å². The van der Waals surface area contributed by atoms with Crippen LogP contribution in [0.25, 0.3) is 11.1 Å². The molecule has 2 atom stereocenters. The first kappa shape index (κ1) is 29.4. The fraction of sp³-hybridized carbons (Fsp3) is 0.455. The first-order valence-corrected chi connectivity index (χ1v) is 15.1. The molecule has 2 amide bonds. The van der Waals surface area contributed by atoms with Crippen LogP contribution in [0, 0.1) is 11.8 Å². The Morgan fingerprint density at radius 2 is 1.69 bits per heavy atom. The average molecular weight is 572 g/mol. The topological polar surface area (TPSA) is 131 Å². The van der Waals surface area contributed by atoms with Crippen LogP contribution >= 0.6 is 0 Å². The first-order chi connectivity index (χ1) is 20.4. The van der Waals surface area contributed by atoms with Crippen LogP contribution in [-0.2, 0) is 20.9 Å². The number of rotatable bonds is 13. The summed E-state index contributed by atoms with van der Waals surface area (Å²) >= 11 is 0. The summed E-state index contributed by atoms with van der Waals surface area (Å²) in [6.45, 7) is 3.65. The Labute approximate surface area is 246 Å². The van der Waals surface area contributed by atoms with Crippen LogP contribution in [0.5, 0.6) is 0 Å². The molecule has 1 aromatic heterocycles. The van der Waals surface area contributed by atoms with Crippen LogP contribution in [0.3, 0.4) is 0 Å². The Bertz CT molecular complexity index is 1360. The molecule has 0 saturated heterocycles. The van der Waals surface area contributed by atoms with Crippen molar-refractivity contribution in [2.45, 2.75) is 76.4 Å². The third-order valence-corrected chi connectivity index (χ3v) is 8.58. The van der Waals surface area contributed by atoms with Crippen LogP contribution in [0.2, 0.25) is 0 Å². The number of para-hydroxylation sites is 2. The Hall–Kier alpha value is -4.14. The minimum atomic E-state index is -0.749. The van der Waals surface area contributed by atoms with E-state index in [1.807, 2.05) is 54.6 Å². The molecule has 0 radical (unpaired) electrons. The molecule has 2 fully saturated rings. The maximum absolute atomic E-state index is 14.4. The predicted octanol–water partition coefficient (Wildman–Crippen LogP) is 4.93. The Kier molecular flexibility index (Phi) is 9.56. The van der Waals surface area contributed by atoms with Gasteiger partial charge < -0.3 is 25.7 Å². The number of fused-ring (bicyclic) bond motifs is 1. The van der Waals surface area contributed by atoms with E-state index in [1.54, 1.807) is 4.90 Å². The van der Waals surface area contributed by atoms with Crippen molar-refractivity contribution in [3.8, 4) is 0 Å². The average Bonchev–Trinajstić information content (AvgIpc) is 3.39. The van der Waals surface area contributed by atoms with Crippen molar-refractivity contribution in [3.63, 3.8) is 0 Å². The number of amides is 2. The quantitative estimate of drug-likeness (QED) is 0.248. The molecule has 2 saturated carbocycles. The lowest BCUT2D eigenvalue weighted by atomic mass is 9.80. The molecule has 0 spiro atoms. The van der Waals surface area contributed by atoms with Gasteiger partial charge in [0.15, 0.2) is 11.4 Å². The van der Waals surface area contributed by atoms with E-state index in [2.05, 4.69) is 22.2 Å². The van der Waals surface area contributed by atoms with E-state index < -0.39 is 18.0 Å². The highest BCUT2D eigenvalue weighted by Gasteiger charge is 2.35. The summed E-state index contributed by atoms with van der Waals surface area (Å²) in [5, 5.41) is 6.19. The second kappa shape index (κ2) is 13.7. The van der Waals surface area contributed by atoms with Crippen LogP contribution in [0.15, 0.2) is 71.3 Å². The van der Waals surface area contributed by atoms with Crippen LogP contribution in [0.4, 0.5) is 6.01 Å². The van der Waals surface area contributed by atoms with Crippen molar-refractivity contribution >= 4 is 34.7 Å². The minimum Gasteiger partial charge on any atom is -0.424 e. The van der Waals surface area contributed by atoms with Crippen molar-refractivity contribution in [2.24, 2.45) is 17.6 Å². The van der Waals surface area contributed by atoms with Gasteiger partial charge in [0.25, 0.3) is 6.01 Å². The maximum Gasteiger partial charge on any atom is 0.296 e. The summed E-state index contributed by atoms with van der Waals surface area (Å²) in [5.41, 5.74) is 7.92. The molecule has 9 nitrogen and oxygen atoms in total. The highest BCUT2D eigenvalue weighted by atomic mass is 16.4. The van der Waals surface area contributed by atoms with Crippen molar-refractivity contribution in [2.75, 3.05) is 11.9 Å². The van der Waals surface area contributed by atoms with Gasteiger partial charge in [0.2, 0.25) is 11.8 Å². The van der Waals surface area contributed by atoms with E-state index in [9.17, 15) is 14.4 Å². The monoisotopic (exact) mass is 571 g/mol. The van der Waals surface area contributed by atoms with E-state index in [-0.39, 0.29) is 42.4 Å². The summed E-state index contributed by atoms with van der Waals surface area (Å²) in [6, 6.07) is 16.0. The van der Waals surface area contributed by atoms with Crippen LogP contribution < -0.4 is 16.4 Å². The smallest absolute Gasteiger partial charge is 0.296 e. The lowest BCUT2D eigenvalue weighted by molar-refractivity contribution is -0.139. The van der Waals surface area contributed by atoms with Crippen molar-refractivity contribution in [1.82, 2.24) is 15.2 Å². The summed E-state index contributed by atoms with van der Waals surface area (Å²) in [6.07, 6.45) is 8.71. The summed E-state index contributed by atoms with van der Waals surface area (Å²) in [5.74, 6) is -0.530. The predicted molar refractivity (Wildman–Crippen MR) is 162 cm³/mol. The minimum absolute atomic E-state index is 0.0658. The van der Waals surface area contributed by atoms with Gasteiger partial charge in [-0.1, -0.05) is 87.6 Å². The molecule has 2 aliphatic carbocycles. The molecule has 222 valence electrons. The van der Waals surface area contributed by atoms with E-state index in [0.29, 0.717) is 23.4 Å². The second-order valence-electron chi connectivity index (χ2n) is 11.7. The number of nitrogens with zero attached hydrogens (tertiary/aromatic N) is 2. The third kappa shape index (κ3) is 7.38. The van der Waals surface area contributed by atoms with Gasteiger partial charge in [-0.25, -0.2) is 0 Å². The number of Topliss-reactive ketones (excluding diaryl/α,β-unsaturated/α-hetero) is 1. The number of nitrogens with one attached hydrogen (secondary N) is 2. The largest absolute Gasteiger partial charge is 0.424 e. The molecule has 2 aromatic carbocycles. The van der Waals surface area contributed by atoms with E-state index in [4.69, 9.17) is 10.2 Å². The molecule has 0 bridgehead atoms. The highest BCUT2D eigenvalue weighted by Crippen LogP contribution is 2.32. The number of ketones is 1. The number of anilines is 1. The standard InChI is InChI=1S/C33H41N5O4/c1-22(34)31(40)27(19-23-13-10-14-23)35-29(39)21-38(20-24-11-4-2-5-12-24)32(41)30(25-15-6-3-7-16-25)37-33-36-26-17-8-9-18-28(26)42-33/h2,4-5,8-9,11-12,17-18,23,25,27,30H,1,3,6-7,10,13-16,19-21,34H2,(H,35,39)(H,36,37)/t27?,30-/m0/s1. The van der Waals surface area contributed by atoms with Gasteiger partial charge in [-0.05, 0) is 48.8 Å². The lowest BCUT2D eigenvalue weighted by Gasteiger charge is -2.34. The van der Waals surface area contributed by atoms with Gasteiger partial charge in [-0.3, -0.25) is 14.4 Å². The van der Waals surface area contributed by atoms with Gasteiger partial charge in [0, 0.05) is 6.54 Å². The molecule has 2 aliphatic rings. The summed E-state index contributed by atoms with van der Waals surface area (Å²) < 4.78 is 5.94. The highest BCUT2D eigenvalue weighted by molar-refractivity contribution is 6.00.